The van der Waals surface area contributed by atoms with E-state index in [-0.39, 0.29) is 0 Å². The SMILES string of the molecule is C#CCCCCc1ccc(CCCCC=O)o1. The largest absolute Gasteiger partial charge is 0.466 e. The van der Waals surface area contributed by atoms with Gasteiger partial charge in [0.05, 0.1) is 0 Å². The maximum absolute atomic E-state index is 10.2. The first-order valence-electron chi connectivity index (χ1n) is 6.31. The summed E-state index contributed by atoms with van der Waals surface area (Å²) in [6, 6.07) is 4.09. The van der Waals surface area contributed by atoms with Gasteiger partial charge in [-0.25, -0.2) is 0 Å². The molecule has 0 spiro atoms. The summed E-state index contributed by atoms with van der Waals surface area (Å²) in [6.07, 6.45) is 13.7. The molecule has 0 aliphatic rings. The van der Waals surface area contributed by atoms with Crippen LogP contribution in [0.15, 0.2) is 16.5 Å². The van der Waals surface area contributed by atoms with Gasteiger partial charge in [0.1, 0.15) is 17.8 Å². The van der Waals surface area contributed by atoms with E-state index in [4.69, 9.17) is 10.8 Å². The third-order valence-corrected chi connectivity index (χ3v) is 2.71. The van der Waals surface area contributed by atoms with Crippen molar-refractivity contribution in [2.75, 3.05) is 0 Å². The van der Waals surface area contributed by atoms with Gasteiger partial charge in [-0.2, -0.15) is 0 Å². The van der Waals surface area contributed by atoms with Crippen LogP contribution in [0.3, 0.4) is 0 Å². The first-order chi connectivity index (χ1) is 8.36. The van der Waals surface area contributed by atoms with Gasteiger partial charge in [-0.3, -0.25) is 0 Å². The molecule has 17 heavy (non-hydrogen) atoms. The fourth-order valence-electron chi connectivity index (χ4n) is 1.74. The zero-order chi connectivity index (χ0) is 12.3. The highest BCUT2D eigenvalue weighted by Gasteiger charge is 2.01. The molecule has 0 aliphatic carbocycles. The summed E-state index contributed by atoms with van der Waals surface area (Å²) < 4.78 is 5.70. The van der Waals surface area contributed by atoms with E-state index in [1.165, 1.54) is 0 Å². The van der Waals surface area contributed by atoms with Crippen LogP contribution in [0.1, 0.15) is 50.0 Å². The fraction of sp³-hybridized carbons (Fsp3) is 0.533. The van der Waals surface area contributed by atoms with Gasteiger partial charge in [0, 0.05) is 25.7 Å². The van der Waals surface area contributed by atoms with Gasteiger partial charge in [0.2, 0.25) is 0 Å². The van der Waals surface area contributed by atoms with Crippen molar-refractivity contribution >= 4 is 6.29 Å². The van der Waals surface area contributed by atoms with Gasteiger partial charge in [-0.05, 0) is 37.8 Å². The molecule has 0 radical (unpaired) electrons. The average molecular weight is 232 g/mol. The fourth-order valence-corrected chi connectivity index (χ4v) is 1.74. The predicted molar refractivity (Wildman–Crippen MR) is 68.7 cm³/mol. The van der Waals surface area contributed by atoms with Crippen molar-refractivity contribution < 1.29 is 9.21 Å². The van der Waals surface area contributed by atoms with Crippen LogP contribution in [0.2, 0.25) is 0 Å². The highest BCUT2D eigenvalue weighted by molar-refractivity contribution is 5.48. The Morgan fingerprint density at radius 3 is 2.35 bits per heavy atom. The average Bonchev–Trinajstić information content (AvgIpc) is 2.78. The molecule has 92 valence electrons. The number of terminal acetylenes is 1. The molecule has 0 N–H and O–H groups in total. The number of aryl methyl sites for hydroxylation is 2. The minimum Gasteiger partial charge on any atom is -0.466 e. The Morgan fingerprint density at radius 1 is 1.12 bits per heavy atom. The first kappa shape index (κ1) is 13.6. The Morgan fingerprint density at radius 2 is 1.76 bits per heavy atom. The highest BCUT2D eigenvalue weighted by Crippen LogP contribution is 2.14. The van der Waals surface area contributed by atoms with Gasteiger partial charge in [0.25, 0.3) is 0 Å². The van der Waals surface area contributed by atoms with Crippen LogP contribution in [0, 0.1) is 12.3 Å². The van der Waals surface area contributed by atoms with Crippen LogP contribution in [0.5, 0.6) is 0 Å². The van der Waals surface area contributed by atoms with Gasteiger partial charge < -0.3 is 9.21 Å². The van der Waals surface area contributed by atoms with Gasteiger partial charge >= 0.3 is 0 Å². The standard InChI is InChI=1S/C15H20O2/c1-2-3-4-6-9-14-11-12-15(17-14)10-7-5-8-13-16/h1,11-13H,3-10H2. The molecular formula is C15H20O2. The minimum atomic E-state index is 0.652. The van der Waals surface area contributed by atoms with Crippen LogP contribution in [0.4, 0.5) is 0 Å². The molecule has 0 saturated heterocycles. The molecule has 1 rings (SSSR count). The molecule has 0 aromatic carbocycles. The zero-order valence-corrected chi connectivity index (χ0v) is 10.3. The normalized spacial score (nSPS) is 10.1. The molecule has 2 heteroatoms. The Kier molecular flexibility index (Phi) is 6.90. The monoisotopic (exact) mass is 232 g/mol. The first-order valence-corrected chi connectivity index (χ1v) is 6.31. The lowest BCUT2D eigenvalue weighted by atomic mass is 10.1. The van der Waals surface area contributed by atoms with Crippen LogP contribution in [-0.4, -0.2) is 6.29 Å². The van der Waals surface area contributed by atoms with Gasteiger partial charge in [0.15, 0.2) is 0 Å². The number of carbonyl (C=O) groups excluding carboxylic acids is 1. The lowest BCUT2D eigenvalue weighted by Crippen LogP contribution is -1.84. The second kappa shape index (κ2) is 8.64. The molecule has 0 aliphatic heterocycles. The summed E-state index contributed by atoms with van der Waals surface area (Å²) in [5, 5.41) is 0. The summed E-state index contributed by atoms with van der Waals surface area (Å²) >= 11 is 0. The van der Waals surface area contributed by atoms with E-state index >= 15 is 0 Å². The van der Waals surface area contributed by atoms with E-state index in [0.717, 1.165) is 62.8 Å². The number of furan rings is 1. The Labute approximate surface area is 103 Å². The molecular weight excluding hydrogens is 212 g/mol. The number of hydrogen-bond donors (Lipinski definition) is 0. The van der Waals surface area contributed by atoms with E-state index in [2.05, 4.69) is 5.92 Å². The molecule has 0 unspecified atom stereocenters. The molecule has 0 saturated carbocycles. The van der Waals surface area contributed by atoms with E-state index in [9.17, 15) is 4.79 Å². The van der Waals surface area contributed by atoms with Crippen molar-refractivity contribution in [2.45, 2.75) is 51.4 Å². The third-order valence-electron chi connectivity index (χ3n) is 2.71. The smallest absolute Gasteiger partial charge is 0.119 e. The van der Waals surface area contributed by atoms with Crippen molar-refractivity contribution in [3.63, 3.8) is 0 Å². The molecule has 0 bridgehead atoms. The summed E-state index contributed by atoms with van der Waals surface area (Å²) in [6.45, 7) is 0. The van der Waals surface area contributed by atoms with Gasteiger partial charge in [-0.15, -0.1) is 12.3 Å². The quantitative estimate of drug-likeness (QED) is 0.370. The number of carbonyl (C=O) groups is 1. The number of unbranched alkanes of at least 4 members (excludes halogenated alkanes) is 4. The molecule has 1 aromatic heterocycles. The van der Waals surface area contributed by atoms with E-state index in [0.29, 0.717) is 6.42 Å². The Bertz CT molecular complexity index is 357. The summed E-state index contributed by atoms with van der Waals surface area (Å²) in [5.74, 6) is 4.72. The molecule has 0 fully saturated rings. The maximum Gasteiger partial charge on any atom is 0.119 e. The molecule has 1 aromatic rings. The maximum atomic E-state index is 10.2. The lowest BCUT2D eigenvalue weighted by Gasteiger charge is -1.97. The Balaban J connectivity index is 2.18. The number of hydrogen-bond acceptors (Lipinski definition) is 2. The van der Waals surface area contributed by atoms with Crippen molar-refractivity contribution in [3.8, 4) is 12.3 Å². The number of aldehydes is 1. The molecule has 1 heterocycles. The van der Waals surface area contributed by atoms with Crippen molar-refractivity contribution in [1.29, 1.82) is 0 Å². The summed E-state index contributed by atoms with van der Waals surface area (Å²) in [5.41, 5.74) is 0. The van der Waals surface area contributed by atoms with Gasteiger partial charge in [-0.1, -0.05) is 0 Å². The van der Waals surface area contributed by atoms with Crippen LogP contribution >= 0.6 is 0 Å². The lowest BCUT2D eigenvalue weighted by molar-refractivity contribution is -0.107. The number of rotatable bonds is 9. The highest BCUT2D eigenvalue weighted by atomic mass is 16.3. The van der Waals surface area contributed by atoms with Crippen molar-refractivity contribution in [3.05, 3.63) is 23.7 Å². The molecule has 0 amide bonds. The van der Waals surface area contributed by atoms with E-state index in [1.807, 2.05) is 12.1 Å². The van der Waals surface area contributed by atoms with Crippen LogP contribution < -0.4 is 0 Å². The summed E-state index contributed by atoms with van der Waals surface area (Å²) in [4.78, 5) is 10.2. The van der Waals surface area contributed by atoms with E-state index in [1.54, 1.807) is 0 Å². The minimum absolute atomic E-state index is 0.652. The van der Waals surface area contributed by atoms with Crippen LogP contribution in [-0.2, 0) is 17.6 Å². The third kappa shape index (κ3) is 5.97. The van der Waals surface area contributed by atoms with Crippen LogP contribution in [0.25, 0.3) is 0 Å². The van der Waals surface area contributed by atoms with Crippen molar-refractivity contribution in [2.24, 2.45) is 0 Å². The van der Waals surface area contributed by atoms with E-state index < -0.39 is 0 Å². The second-order valence-corrected chi connectivity index (χ2v) is 4.19. The second-order valence-electron chi connectivity index (χ2n) is 4.19. The zero-order valence-electron chi connectivity index (χ0n) is 10.3. The predicted octanol–water partition coefficient (Wildman–Crippen LogP) is 3.54. The summed E-state index contributed by atoms with van der Waals surface area (Å²) in [7, 11) is 0. The molecule has 2 nitrogen and oxygen atoms in total. The topological polar surface area (TPSA) is 30.2 Å². The molecule has 0 atom stereocenters. The van der Waals surface area contributed by atoms with Crippen molar-refractivity contribution in [1.82, 2.24) is 0 Å². The Hall–Kier alpha value is -1.49.